The maximum Gasteiger partial charge on any atom is 0.239 e. The lowest BCUT2D eigenvalue weighted by atomic mass is 10.1. The largest absolute Gasteiger partial charge is 0.359 e. The van der Waals surface area contributed by atoms with Crippen LogP contribution in [0.25, 0.3) is 0 Å². The number of carbonyl (C=O) groups excluding carboxylic acids is 1. The molecule has 16 heavy (non-hydrogen) atoms. The predicted molar refractivity (Wildman–Crippen MR) is 66.1 cm³/mol. The van der Waals surface area contributed by atoms with Crippen molar-refractivity contribution in [3.05, 3.63) is 28.3 Å². The number of rotatable bonds is 1. The van der Waals surface area contributed by atoms with E-state index in [-0.39, 0.29) is 5.91 Å². The second-order valence-electron chi connectivity index (χ2n) is 4.18. The van der Waals surface area contributed by atoms with Crippen molar-refractivity contribution in [3.8, 4) is 0 Å². The van der Waals surface area contributed by atoms with Gasteiger partial charge in [0.25, 0.3) is 0 Å². The van der Waals surface area contributed by atoms with Crippen LogP contribution in [0.4, 0.5) is 5.69 Å². The van der Waals surface area contributed by atoms with E-state index in [0.717, 1.165) is 28.4 Å². The van der Waals surface area contributed by atoms with E-state index in [9.17, 15) is 4.79 Å². The summed E-state index contributed by atoms with van der Waals surface area (Å²) in [5, 5.41) is 3.54. The van der Waals surface area contributed by atoms with E-state index >= 15 is 0 Å². The molecule has 0 saturated carbocycles. The molecule has 1 fully saturated rings. The number of aryl methyl sites for hydroxylation is 2. The van der Waals surface area contributed by atoms with Crippen LogP contribution in [0.15, 0.2) is 12.1 Å². The molecule has 3 nitrogen and oxygen atoms in total. The molecule has 1 N–H and O–H groups in total. The zero-order valence-corrected chi connectivity index (χ0v) is 10.3. The summed E-state index contributed by atoms with van der Waals surface area (Å²) in [7, 11) is 0. The molecular formula is C12H15ClN2O. The molecule has 0 aromatic heterocycles. The van der Waals surface area contributed by atoms with Crippen molar-refractivity contribution in [2.24, 2.45) is 0 Å². The summed E-state index contributed by atoms with van der Waals surface area (Å²) >= 11 is 6.24. The summed E-state index contributed by atoms with van der Waals surface area (Å²) in [6.45, 7) is 5.94. The standard InChI is InChI=1S/C12H15ClN2O/c1-8-5-9(2)12(10(13)6-8)15-4-3-14-11(16)7-15/h5-6H,3-4,7H2,1-2H3,(H,14,16). The molecule has 0 unspecified atom stereocenters. The summed E-state index contributed by atoms with van der Waals surface area (Å²) in [6.07, 6.45) is 0. The van der Waals surface area contributed by atoms with Gasteiger partial charge in [0.05, 0.1) is 17.3 Å². The number of hydrogen-bond acceptors (Lipinski definition) is 2. The molecule has 1 aromatic rings. The van der Waals surface area contributed by atoms with Gasteiger partial charge in [-0.2, -0.15) is 0 Å². The molecule has 0 radical (unpaired) electrons. The second-order valence-corrected chi connectivity index (χ2v) is 4.59. The third-order valence-electron chi connectivity index (χ3n) is 2.75. The fourth-order valence-corrected chi connectivity index (χ4v) is 2.58. The molecule has 1 heterocycles. The predicted octanol–water partition coefficient (Wildman–Crippen LogP) is 1.89. The Bertz CT molecular complexity index is 408. The molecule has 1 amide bonds. The van der Waals surface area contributed by atoms with Gasteiger partial charge in [-0.15, -0.1) is 0 Å². The van der Waals surface area contributed by atoms with E-state index in [0.29, 0.717) is 13.1 Å². The van der Waals surface area contributed by atoms with E-state index in [1.165, 1.54) is 0 Å². The van der Waals surface area contributed by atoms with Gasteiger partial charge in [-0.05, 0) is 31.0 Å². The number of halogens is 1. The number of amides is 1. The molecule has 0 atom stereocenters. The van der Waals surface area contributed by atoms with Crippen LogP contribution < -0.4 is 10.2 Å². The molecule has 86 valence electrons. The van der Waals surface area contributed by atoms with Crippen LogP contribution in [-0.2, 0) is 4.79 Å². The molecule has 0 bridgehead atoms. The molecule has 1 saturated heterocycles. The number of nitrogens with zero attached hydrogens (tertiary/aromatic N) is 1. The fourth-order valence-electron chi connectivity index (χ4n) is 2.14. The van der Waals surface area contributed by atoms with E-state index in [1.54, 1.807) is 0 Å². The van der Waals surface area contributed by atoms with Crippen molar-refractivity contribution >= 4 is 23.2 Å². The highest BCUT2D eigenvalue weighted by atomic mass is 35.5. The van der Waals surface area contributed by atoms with Crippen molar-refractivity contribution in [2.75, 3.05) is 24.5 Å². The van der Waals surface area contributed by atoms with Gasteiger partial charge in [0.15, 0.2) is 0 Å². The molecule has 1 aliphatic rings. The number of benzene rings is 1. The first-order valence-corrected chi connectivity index (χ1v) is 5.74. The van der Waals surface area contributed by atoms with Crippen LogP contribution in [0.3, 0.4) is 0 Å². The second kappa shape index (κ2) is 4.34. The molecular weight excluding hydrogens is 224 g/mol. The highest BCUT2D eigenvalue weighted by Gasteiger charge is 2.20. The third-order valence-corrected chi connectivity index (χ3v) is 3.04. The Kier molecular flexibility index (Phi) is 3.06. The SMILES string of the molecule is Cc1cc(C)c(N2CCNC(=O)C2)c(Cl)c1. The average molecular weight is 239 g/mol. The average Bonchev–Trinajstić information content (AvgIpc) is 2.15. The van der Waals surface area contributed by atoms with Crippen LogP contribution in [-0.4, -0.2) is 25.5 Å². The first kappa shape index (κ1) is 11.3. The Balaban J connectivity index is 2.35. The maximum atomic E-state index is 11.3. The highest BCUT2D eigenvalue weighted by molar-refractivity contribution is 6.33. The van der Waals surface area contributed by atoms with Crippen molar-refractivity contribution in [1.82, 2.24) is 5.32 Å². The molecule has 1 aromatic carbocycles. The zero-order valence-electron chi connectivity index (χ0n) is 9.51. The summed E-state index contributed by atoms with van der Waals surface area (Å²) in [5.41, 5.74) is 3.26. The maximum absolute atomic E-state index is 11.3. The van der Waals surface area contributed by atoms with E-state index in [1.807, 2.05) is 24.8 Å². The van der Waals surface area contributed by atoms with Gasteiger partial charge in [0.1, 0.15) is 0 Å². The normalized spacial score (nSPS) is 16.2. The van der Waals surface area contributed by atoms with Crippen molar-refractivity contribution in [2.45, 2.75) is 13.8 Å². The Morgan fingerprint density at radius 1 is 1.38 bits per heavy atom. The Morgan fingerprint density at radius 2 is 2.12 bits per heavy atom. The first-order valence-electron chi connectivity index (χ1n) is 5.36. The van der Waals surface area contributed by atoms with Gasteiger partial charge in [-0.25, -0.2) is 0 Å². The Morgan fingerprint density at radius 3 is 2.75 bits per heavy atom. The minimum atomic E-state index is 0.0577. The number of carbonyl (C=O) groups is 1. The van der Waals surface area contributed by atoms with E-state index in [4.69, 9.17) is 11.6 Å². The monoisotopic (exact) mass is 238 g/mol. The van der Waals surface area contributed by atoms with E-state index in [2.05, 4.69) is 11.4 Å². The molecule has 1 aliphatic heterocycles. The third kappa shape index (κ3) is 2.14. The molecule has 0 spiro atoms. The molecule has 2 rings (SSSR count). The van der Waals surface area contributed by atoms with Crippen LogP contribution in [0.5, 0.6) is 0 Å². The van der Waals surface area contributed by atoms with Crippen molar-refractivity contribution in [3.63, 3.8) is 0 Å². The topological polar surface area (TPSA) is 32.3 Å². The smallest absolute Gasteiger partial charge is 0.239 e. The van der Waals surface area contributed by atoms with Crippen molar-refractivity contribution in [1.29, 1.82) is 0 Å². The van der Waals surface area contributed by atoms with Gasteiger partial charge in [-0.3, -0.25) is 4.79 Å². The van der Waals surface area contributed by atoms with Gasteiger partial charge in [0.2, 0.25) is 5.91 Å². The van der Waals surface area contributed by atoms with Gasteiger partial charge in [0, 0.05) is 13.1 Å². The highest BCUT2D eigenvalue weighted by Crippen LogP contribution is 2.31. The Labute approximate surface area is 100 Å². The molecule has 0 aliphatic carbocycles. The summed E-state index contributed by atoms with van der Waals surface area (Å²) in [4.78, 5) is 13.4. The number of piperazine rings is 1. The summed E-state index contributed by atoms with van der Waals surface area (Å²) < 4.78 is 0. The number of anilines is 1. The first-order chi connectivity index (χ1) is 7.58. The summed E-state index contributed by atoms with van der Waals surface area (Å²) in [6, 6.07) is 4.03. The van der Waals surface area contributed by atoms with Gasteiger partial charge < -0.3 is 10.2 Å². The van der Waals surface area contributed by atoms with Crippen molar-refractivity contribution < 1.29 is 4.79 Å². The van der Waals surface area contributed by atoms with Crippen LogP contribution >= 0.6 is 11.6 Å². The van der Waals surface area contributed by atoms with Gasteiger partial charge >= 0.3 is 0 Å². The van der Waals surface area contributed by atoms with Gasteiger partial charge in [-0.1, -0.05) is 17.7 Å². The quantitative estimate of drug-likeness (QED) is 0.811. The number of nitrogens with one attached hydrogen (secondary N) is 1. The lowest BCUT2D eigenvalue weighted by molar-refractivity contribution is -0.120. The minimum absolute atomic E-state index is 0.0577. The van der Waals surface area contributed by atoms with Crippen LogP contribution in [0.2, 0.25) is 5.02 Å². The lowest BCUT2D eigenvalue weighted by Gasteiger charge is -2.30. The van der Waals surface area contributed by atoms with Crippen LogP contribution in [0, 0.1) is 13.8 Å². The van der Waals surface area contributed by atoms with Crippen LogP contribution in [0.1, 0.15) is 11.1 Å². The Hall–Kier alpha value is -1.22. The lowest BCUT2D eigenvalue weighted by Crippen LogP contribution is -2.48. The number of hydrogen-bond donors (Lipinski definition) is 1. The van der Waals surface area contributed by atoms with E-state index < -0.39 is 0 Å². The summed E-state index contributed by atoms with van der Waals surface area (Å²) in [5.74, 6) is 0.0577. The minimum Gasteiger partial charge on any atom is -0.359 e. The fraction of sp³-hybridized carbons (Fsp3) is 0.417. The molecule has 4 heteroatoms. The zero-order chi connectivity index (χ0) is 11.7.